The molecule has 0 atom stereocenters. The maximum atomic E-state index is 5.42. The number of anilines is 2. The fourth-order valence-corrected chi connectivity index (χ4v) is 1.77. The highest BCUT2D eigenvalue weighted by Gasteiger charge is 2.15. The molecule has 0 saturated carbocycles. The SMILES string of the molecule is CCON(OCC)c1nc(NCOC)nc(-c2ccccc2)n1. The van der Waals surface area contributed by atoms with E-state index in [-0.39, 0.29) is 12.7 Å². The van der Waals surface area contributed by atoms with Crippen LogP contribution in [0.5, 0.6) is 0 Å². The molecular weight excluding hydrogens is 298 g/mol. The lowest BCUT2D eigenvalue weighted by Crippen LogP contribution is -2.27. The Morgan fingerprint density at radius 1 is 1.00 bits per heavy atom. The van der Waals surface area contributed by atoms with Crippen LogP contribution < -0.4 is 10.5 Å². The van der Waals surface area contributed by atoms with Crippen molar-refractivity contribution in [3.63, 3.8) is 0 Å². The van der Waals surface area contributed by atoms with E-state index in [0.29, 0.717) is 25.0 Å². The van der Waals surface area contributed by atoms with Gasteiger partial charge in [-0.3, -0.25) is 0 Å². The predicted molar refractivity (Wildman–Crippen MR) is 86.5 cm³/mol. The summed E-state index contributed by atoms with van der Waals surface area (Å²) in [7, 11) is 1.58. The molecule has 8 heteroatoms. The fraction of sp³-hybridized carbons (Fsp3) is 0.400. The van der Waals surface area contributed by atoms with Crippen molar-refractivity contribution >= 4 is 11.9 Å². The smallest absolute Gasteiger partial charge is 0.283 e. The third-order valence-corrected chi connectivity index (χ3v) is 2.69. The Hall–Kier alpha value is -2.29. The Bertz CT molecular complexity index is 591. The summed E-state index contributed by atoms with van der Waals surface area (Å²) in [5.41, 5.74) is 0.865. The van der Waals surface area contributed by atoms with Gasteiger partial charge in [-0.2, -0.15) is 15.0 Å². The highest BCUT2D eigenvalue weighted by Crippen LogP contribution is 2.20. The first-order valence-corrected chi connectivity index (χ1v) is 7.38. The van der Waals surface area contributed by atoms with Gasteiger partial charge in [0, 0.05) is 12.7 Å². The highest BCUT2D eigenvalue weighted by molar-refractivity contribution is 5.57. The van der Waals surface area contributed by atoms with Crippen molar-refractivity contribution in [1.29, 1.82) is 0 Å². The maximum Gasteiger partial charge on any atom is 0.283 e. The summed E-state index contributed by atoms with van der Waals surface area (Å²) < 4.78 is 5.00. The molecule has 23 heavy (non-hydrogen) atoms. The molecule has 0 radical (unpaired) electrons. The molecule has 1 aromatic heterocycles. The van der Waals surface area contributed by atoms with Crippen molar-refractivity contribution < 1.29 is 14.4 Å². The number of hydrogen-bond acceptors (Lipinski definition) is 8. The van der Waals surface area contributed by atoms with Gasteiger partial charge in [-0.1, -0.05) is 35.6 Å². The largest absolute Gasteiger partial charge is 0.364 e. The van der Waals surface area contributed by atoms with Gasteiger partial charge in [0.2, 0.25) is 5.95 Å². The number of rotatable bonds is 9. The normalized spacial score (nSPS) is 10.6. The summed E-state index contributed by atoms with van der Waals surface area (Å²) in [6, 6.07) is 9.62. The molecule has 0 aliphatic heterocycles. The van der Waals surface area contributed by atoms with Gasteiger partial charge in [-0.05, 0) is 13.8 Å². The van der Waals surface area contributed by atoms with E-state index in [9.17, 15) is 0 Å². The van der Waals surface area contributed by atoms with Gasteiger partial charge >= 0.3 is 0 Å². The van der Waals surface area contributed by atoms with Crippen LogP contribution in [0.3, 0.4) is 0 Å². The van der Waals surface area contributed by atoms with E-state index in [0.717, 1.165) is 5.56 Å². The Morgan fingerprint density at radius 2 is 1.70 bits per heavy atom. The summed E-state index contributed by atoms with van der Waals surface area (Å²) in [4.78, 5) is 23.9. The van der Waals surface area contributed by atoms with E-state index in [1.807, 2.05) is 44.2 Å². The Labute approximate surface area is 135 Å². The number of aromatic nitrogens is 3. The van der Waals surface area contributed by atoms with Crippen LogP contribution in [0.1, 0.15) is 13.8 Å². The highest BCUT2D eigenvalue weighted by atomic mass is 16.9. The van der Waals surface area contributed by atoms with Gasteiger partial charge in [0.15, 0.2) is 5.82 Å². The average Bonchev–Trinajstić information content (AvgIpc) is 2.60. The standard InChI is InChI=1S/C15H21N5O3/c1-4-22-20(23-5-2)15-18-13(12-9-7-6-8-10-12)17-14(19-15)16-11-21-3/h6-10H,4-5,11H2,1-3H3,(H,16,17,18,19). The lowest BCUT2D eigenvalue weighted by atomic mass is 10.2. The van der Waals surface area contributed by atoms with Gasteiger partial charge in [0.1, 0.15) is 6.73 Å². The third-order valence-electron chi connectivity index (χ3n) is 2.69. The van der Waals surface area contributed by atoms with Gasteiger partial charge in [0.05, 0.1) is 13.2 Å². The molecule has 0 fully saturated rings. The molecule has 0 saturated heterocycles. The van der Waals surface area contributed by atoms with E-state index in [1.54, 1.807) is 7.11 Å². The maximum absolute atomic E-state index is 5.42. The molecule has 124 valence electrons. The summed E-state index contributed by atoms with van der Waals surface area (Å²) >= 11 is 0. The number of methoxy groups -OCH3 is 1. The minimum absolute atomic E-state index is 0.265. The van der Waals surface area contributed by atoms with E-state index < -0.39 is 0 Å². The Kier molecular flexibility index (Phi) is 6.67. The zero-order chi connectivity index (χ0) is 16.5. The van der Waals surface area contributed by atoms with Gasteiger partial charge in [0.25, 0.3) is 5.95 Å². The van der Waals surface area contributed by atoms with Crippen LogP contribution in [0.4, 0.5) is 11.9 Å². The second kappa shape index (κ2) is 8.99. The molecule has 0 bridgehead atoms. The van der Waals surface area contributed by atoms with Crippen LogP contribution in [-0.2, 0) is 14.4 Å². The Balaban J connectivity index is 2.39. The third kappa shape index (κ3) is 4.85. The number of benzene rings is 1. The van der Waals surface area contributed by atoms with E-state index in [1.165, 1.54) is 5.23 Å². The number of nitrogens with one attached hydrogen (secondary N) is 1. The molecule has 1 aromatic carbocycles. The fourth-order valence-electron chi connectivity index (χ4n) is 1.77. The molecule has 1 heterocycles. The first-order valence-electron chi connectivity index (χ1n) is 7.38. The molecule has 0 aliphatic rings. The molecular formula is C15H21N5O3. The second-order valence-corrected chi connectivity index (χ2v) is 4.35. The summed E-state index contributed by atoms with van der Waals surface area (Å²) in [5.74, 6) is 1.15. The zero-order valence-electron chi connectivity index (χ0n) is 13.5. The number of ether oxygens (including phenoxy) is 1. The lowest BCUT2D eigenvalue weighted by Gasteiger charge is -2.19. The van der Waals surface area contributed by atoms with Crippen LogP contribution in [0, 0.1) is 0 Å². The van der Waals surface area contributed by atoms with Crippen molar-refractivity contribution in [2.24, 2.45) is 0 Å². The van der Waals surface area contributed by atoms with Crippen LogP contribution in [-0.4, -0.2) is 42.0 Å². The van der Waals surface area contributed by atoms with Crippen LogP contribution in [0.15, 0.2) is 30.3 Å². The van der Waals surface area contributed by atoms with Gasteiger partial charge in [-0.15, -0.1) is 0 Å². The molecule has 0 aliphatic carbocycles. The topological polar surface area (TPSA) is 81.6 Å². The number of hydrogen-bond donors (Lipinski definition) is 1. The van der Waals surface area contributed by atoms with Crippen molar-refractivity contribution in [3.05, 3.63) is 30.3 Å². The second-order valence-electron chi connectivity index (χ2n) is 4.35. The van der Waals surface area contributed by atoms with E-state index >= 15 is 0 Å². The molecule has 2 aromatic rings. The first-order chi connectivity index (χ1) is 11.3. The van der Waals surface area contributed by atoms with Crippen LogP contribution in [0.2, 0.25) is 0 Å². The monoisotopic (exact) mass is 319 g/mol. The molecule has 0 unspecified atom stereocenters. The van der Waals surface area contributed by atoms with Gasteiger partial charge in [-0.25, -0.2) is 9.68 Å². The molecule has 8 nitrogen and oxygen atoms in total. The quantitative estimate of drug-likeness (QED) is 0.557. The first kappa shape index (κ1) is 17.1. The van der Waals surface area contributed by atoms with Gasteiger partial charge < -0.3 is 10.1 Å². The molecule has 0 amide bonds. The van der Waals surface area contributed by atoms with Crippen molar-refractivity contribution in [2.45, 2.75) is 13.8 Å². The van der Waals surface area contributed by atoms with Crippen LogP contribution in [0.25, 0.3) is 11.4 Å². The average molecular weight is 319 g/mol. The summed E-state index contributed by atoms with van der Waals surface area (Å²) in [6.07, 6.45) is 0. The minimum atomic E-state index is 0.265. The molecule has 2 rings (SSSR count). The van der Waals surface area contributed by atoms with E-state index in [2.05, 4.69) is 20.3 Å². The summed E-state index contributed by atoms with van der Waals surface area (Å²) in [5, 5.41) is 4.16. The lowest BCUT2D eigenvalue weighted by molar-refractivity contribution is -0.0850. The summed E-state index contributed by atoms with van der Waals surface area (Å²) in [6.45, 7) is 4.84. The van der Waals surface area contributed by atoms with Crippen molar-refractivity contribution in [2.75, 3.05) is 37.6 Å². The minimum Gasteiger partial charge on any atom is -0.364 e. The number of nitrogens with zero attached hydrogens (tertiary/aromatic N) is 4. The molecule has 0 spiro atoms. The van der Waals surface area contributed by atoms with Crippen molar-refractivity contribution in [1.82, 2.24) is 15.0 Å². The zero-order valence-corrected chi connectivity index (χ0v) is 13.5. The predicted octanol–water partition coefficient (Wildman–Crippen LogP) is 2.26. The Morgan fingerprint density at radius 3 is 2.30 bits per heavy atom. The molecule has 1 N–H and O–H groups in total. The van der Waals surface area contributed by atoms with Crippen molar-refractivity contribution in [3.8, 4) is 11.4 Å². The van der Waals surface area contributed by atoms with Crippen LogP contribution >= 0.6 is 0 Å². The van der Waals surface area contributed by atoms with E-state index in [4.69, 9.17) is 14.4 Å².